The third-order valence-corrected chi connectivity index (χ3v) is 3.85. The summed E-state index contributed by atoms with van der Waals surface area (Å²) in [6.07, 6.45) is -0.648. The summed E-state index contributed by atoms with van der Waals surface area (Å²) in [5.41, 5.74) is 1.19. The third-order valence-electron chi connectivity index (χ3n) is 3.85. The molecule has 0 radical (unpaired) electrons. The molecule has 24 heavy (non-hydrogen) atoms. The van der Waals surface area contributed by atoms with E-state index in [0.717, 1.165) is 5.56 Å². The van der Waals surface area contributed by atoms with Crippen molar-refractivity contribution in [1.29, 1.82) is 0 Å². The summed E-state index contributed by atoms with van der Waals surface area (Å²) in [5, 5.41) is 11.7. The quantitative estimate of drug-likeness (QED) is 0.843. The highest BCUT2D eigenvalue weighted by molar-refractivity contribution is 5.97. The van der Waals surface area contributed by atoms with Gasteiger partial charge in [-0.1, -0.05) is 36.4 Å². The smallest absolute Gasteiger partial charge is 0.335 e. The van der Waals surface area contributed by atoms with Gasteiger partial charge in [0.2, 0.25) is 5.91 Å². The minimum atomic E-state index is -1.08. The monoisotopic (exact) mass is 325 g/mol. The fraction of sp³-hybridized carbons (Fsp3) is 0.167. The van der Waals surface area contributed by atoms with Crippen molar-refractivity contribution >= 4 is 23.5 Å². The second-order valence-electron chi connectivity index (χ2n) is 5.51. The van der Waals surface area contributed by atoms with Crippen LogP contribution in [-0.4, -0.2) is 23.0 Å². The van der Waals surface area contributed by atoms with Crippen LogP contribution >= 0.6 is 0 Å². The molecule has 0 aromatic heterocycles. The van der Waals surface area contributed by atoms with Gasteiger partial charge < -0.3 is 15.2 Å². The summed E-state index contributed by atoms with van der Waals surface area (Å²) in [6, 6.07) is 15.0. The Hall–Kier alpha value is -3.15. The van der Waals surface area contributed by atoms with E-state index in [1.807, 2.05) is 18.2 Å². The van der Waals surface area contributed by atoms with Gasteiger partial charge in [0.1, 0.15) is 6.10 Å². The Bertz CT molecular complexity index is 787. The van der Waals surface area contributed by atoms with E-state index in [2.05, 4.69) is 5.32 Å². The first-order chi connectivity index (χ1) is 11.5. The molecular weight excluding hydrogens is 310 g/mol. The Morgan fingerprint density at radius 1 is 1.08 bits per heavy atom. The van der Waals surface area contributed by atoms with Gasteiger partial charge in [0.05, 0.1) is 17.9 Å². The predicted octanol–water partition coefficient (Wildman–Crippen LogP) is 2.63. The molecule has 2 aromatic rings. The molecule has 1 heterocycles. The van der Waals surface area contributed by atoms with Crippen LogP contribution in [-0.2, 0) is 14.3 Å². The lowest BCUT2D eigenvalue weighted by molar-refractivity contribution is -0.141. The van der Waals surface area contributed by atoms with Gasteiger partial charge >= 0.3 is 11.9 Å². The zero-order valence-corrected chi connectivity index (χ0v) is 12.6. The lowest BCUT2D eigenvalue weighted by atomic mass is 9.94. The molecule has 1 aliphatic rings. The number of carbonyl (C=O) groups excluding carboxylic acids is 2. The van der Waals surface area contributed by atoms with E-state index >= 15 is 0 Å². The van der Waals surface area contributed by atoms with Crippen molar-refractivity contribution in [3.8, 4) is 0 Å². The number of esters is 1. The zero-order chi connectivity index (χ0) is 17.1. The second kappa shape index (κ2) is 6.54. The van der Waals surface area contributed by atoms with E-state index in [1.54, 1.807) is 24.3 Å². The molecule has 122 valence electrons. The van der Waals surface area contributed by atoms with E-state index in [9.17, 15) is 14.4 Å². The first-order valence-corrected chi connectivity index (χ1v) is 7.43. The molecule has 2 N–H and O–H groups in total. The number of aromatic carboxylic acids is 1. The number of hydrogen-bond donors (Lipinski definition) is 2. The number of carboxylic acid groups (broad SMARTS) is 1. The van der Waals surface area contributed by atoms with Crippen molar-refractivity contribution in [2.24, 2.45) is 5.92 Å². The molecule has 1 amide bonds. The van der Waals surface area contributed by atoms with Gasteiger partial charge in [0.15, 0.2) is 0 Å². The predicted molar refractivity (Wildman–Crippen MR) is 85.4 cm³/mol. The molecule has 0 saturated carbocycles. The van der Waals surface area contributed by atoms with Crippen LogP contribution in [0.25, 0.3) is 0 Å². The Morgan fingerprint density at radius 3 is 2.54 bits per heavy atom. The van der Waals surface area contributed by atoms with Crippen LogP contribution in [0.4, 0.5) is 5.69 Å². The molecule has 0 aliphatic carbocycles. The molecule has 1 fully saturated rings. The standard InChI is InChI=1S/C18H15NO5/c20-15-10-14(16(24-15)11-5-2-1-3-6-11)17(21)19-13-8-4-7-12(9-13)18(22)23/h1-9,14,16H,10H2,(H,19,21)(H,22,23)/t14-,16+/m0/s1. The normalized spacial score (nSPS) is 19.6. The number of cyclic esters (lactones) is 1. The molecular formula is C18H15NO5. The Balaban J connectivity index is 1.79. The van der Waals surface area contributed by atoms with E-state index in [-0.39, 0.29) is 17.9 Å². The number of nitrogens with one attached hydrogen (secondary N) is 1. The molecule has 1 aliphatic heterocycles. The average molecular weight is 325 g/mol. The maximum atomic E-state index is 12.5. The van der Waals surface area contributed by atoms with Gasteiger partial charge in [-0.25, -0.2) is 4.79 Å². The Morgan fingerprint density at radius 2 is 1.83 bits per heavy atom. The average Bonchev–Trinajstić information content (AvgIpc) is 2.98. The minimum Gasteiger partial charge on any atom is -0.478 e. The van der Waals surface area contributed by atoms with Gasteiger partial charge in [-0.05, 0) is 23.8 Å². The van der Waals surface area contributed by atoms with Gasteiger partial charge in [-0.15, -0.1) is 0 Å². The summed E-state index contributed by atoms with van der Waals surface area (Å²) < 4.78 is 5.29. The number of carbonyl (C=O) groups is 3. The summed E-state index contributed by atoms with van der Waals surface area (Å²) in [4.78, 5) is 35.2. The van der Waals surface area contributed by atoms with E-state index < -0.39 is 24.0 Å². The first kappa shape index (κ1) is 15.7. The molecule has 0 bridgehead atoms. The number of amides is 1. The third kappa shape index (κ3) is 3.27. The number of rotatable bonds is 4. The molecule has 3 rings (SSSR count). The molecule has 6 nitrogen and oxygen atoms in total. The molecule has 1 saturated heterocycles. The maximum absolute atomic E-state index is 12.5. The second-order valence-corrected chi connectivity index (χ2v) is 5.51. The van der Waals surface area contributed by atoms with Crippen molar-refractivity contribution < 1.29 is 24.2 Å². The van der Waals surface area contributed by atoms with Crippen LogP contribution in [0.3, 0.4) is 0 Å². The lowest BCUT2D eigenvalue weighted by Crippen LogP contribution is -2.25. The number of benzene rings is 2. The van der Waals surface area contributed by atoms with Gasteiger partial charge in [-0.3, -0.25) is 9.59 Å². The van der Waals surface area contributed by atoms with E-state index in [4.69, 9.17) is 9.84 Å². The van der Waals surface area contributed by atoms with Gasteiger partial charge in [-0.2, -0.15) is 0 Å². The topological polar surface area (TPSA) is 92.7 Å². The maximum Gasteiger partial charge on any atom is 0.335 e. The van der Waals surface area contributed by atoms with Crippen LogP contribution in [0.5, 0.6) is 0 Å². The zero-order valence-electron chi connectivity index (χ0n) is 12.6. The number of ether oxygens (including phenoxy) is 1. The SMILES string of the molecule is O=C1C[C@H](C(=O)Nc2cccc(C(=O)O)c2)[C@@H](c2ccccc2)O1. The van der Waals surface area contributed by atoms with Crippen LogP contribution in [0.2, 0.25) is 0 Å². The van der Waals surface area contributed by atoms with Crippen LogP contribution in [0.1, 0.15) is 28.4 Å². The fourth-order valence-corrected chi connectivity index (χ4v) is 2.70. The van der Waals surface area contributed by atoms with Crippen LogP contribution in [0.15, 0.2) is 54.6 Å². The summed E-state index contributed by atoms with van der Waals surface area (Å²) in [6.45, 7) is 0. The molecule has 6 heteroatoms. The Kier molecular flexibility index (Phi) is 4.29. The largest absolute Gasteiger partial charge is 0.478 e. The summed E-state index contributed by atoms with van der Waals surface area (Å²) >= 11 is 0. The van der Waals surface area contributed by atoms with Crippen molar-refractivity contribution in [2.45, 2.75) is 12.5 Å². The Labute approximate surface area is 138 Å². The van der Waals surface area contributed by atoms with Crippen LogP contribution in [0, 0.1) is 5.92 Å². The highest BCUT2D eigenvalue weighted by atomic mass is 16.6. The van der Waals surface area contributed by atoms with Crippen molar-refractivity contribution in [2.75, 3.05) is 5.32 Å². The number of anilines is 1. The van der Waals surface area contributed by atoms with Crippen molar-refractivity contribution in [3.63, 3.8) is 0 Å². The first-order valence-electron chi connectivity index (χ1n) is 7.43. The van der Waals surface area contributed by atoms with Crippen LogP contribution < -0.4 is 5.32 Å². The van der Waals surface area contributed by atoms with Gasteiger partial charge in [0, 0.05) is 5.69 Å². The summed E-state index contributed by atoms with van der Waals surface area (Å²) in [5.74, 6) is -2.54. The number of hydrogen-bond acceptors (Lipinski definition) is 4. The number of carboxylic acids is 1. The van der Waals surface area contributed by atoms with Crippen molar-refractivity contribution in [1.82, 2.24) is 0 Å². The molecule has 2 atom stereocenters. The van der Waals surface area contributed by atoms with E-state index in [0.29, 0.717) is 5.69 Å². The minimum absolute atomic E-state index is 0.00991. The lowest BCUT2D eigenvalue weighted by Gasteiger charge is -2.17. The van der Waals surface area contributed by atoms with Gasteiger partial charge in [0.25, 0.3) is 0 Å². The highest BCUT2D eigenvalue weighted by Crippen LogP contribution is 2.36. The fourth-order valence-electron chi connectivity index (χ4n) is 2.70. The molecule has 0 spiro atoms. The molecule has 0 unspecified atom stereocenters. The summed E-state index contributed by atoms with van der Waals surface area (Å²) in [7, 11) is 0. The van der Waals surface area contributed by atoms with E-state index in [1.165, 1.54) is 12.1 Å². The molecule has 2 aromatic carbocycles. The highest BCUT2D eigenvalue weighted by Gasteiger charge is 2.40. The van der Waals surface area contributed by atoms with Crippen molar-refractivity contribution in [3.05, 3.63) is 65.7 Å².